The maximum atomic E-state index is 10.9. The summed E-state index contributed by atoms with van der Waals surface area (Å²) in [6.07, 6.45) is 0. The Labute approximate surface area is 130 Å². The van der Waals surface area contributed by atoms with E-state index in [-0.39, 0.29) is 31.0 Å². The molecule has 0 aliphatic rings. The summed E-state index contributed by atoms with van der Waals surface area (Å²) in [7, 11) is 1.63. The molecule has 2 rings (SSSR count). The van der Waals surface area contributed by atoms with Crippen LogP contribution in [0.15, 0.2) is 36.4 Å². The number of fused-ring (bicyclic) bond motifs is 1. The molecule has 0 saturated heterocycles. The molecular weight excluding hydrogens is 239 g/mol. The molecule has 0 fully saturated rings. The molecule has 0 aliphatic heterocycles. The van der Waals surface area contributed by atoms with Gasteiger partial charge in [-0.15, -0.1) is 0 Å². The molecule has 90 valence electrons. The van der Waals surface area contributed by atoms with Crippen LogP contribution in [0.5, 0.6) is 5.75 Å². The zero-order valence-electron chi connectivity index (χ0n) is 11.8. The van der Waals surface area contributed by atoms with Gasteiger partial charge in [0.2, 0.25) is 0 Å². The van der Waals surface area contributed by atoms with Crippen LogP contribution in [0.2, 0.25) is 0 Å². The van der Waals surface area contributed by atoms with E-state index in [9.17, 15) is 4.79 Å². The second-order valence-corrected chi connectivity index (χ2v) is 4.03. The standard InChI is InChI=1S/C14H14O3.Na.H/c1-9(14(15)16)10-3-4-12-8-13(17-2)6-5-11(12)7-10;;/h3-9H,1-2H3,(H,15,16);;/q;+1;-1. The molecule has 1 N–H and O–H groups in total. The number of ether oxygens (including phenoxy) is 1. The van der Waals surface area contributed by atoms with Crippen LogP contribution in [0.4, 0.5) is 0 Å². The van der Waals surface area contributed by atoms with Crippen LogP contribution in [0.1, 0.15) is 19.8 Å². The Hall–Kier alpha value is -1.03. The molecule has 2 aromatic carbocycles. The average Bonchev–Trinajstić information content (AvgIpc) is 2.36. The molecule has 0 spiro atoms. The van der Waals surface area contributed by atoms with Crippen molar-refractivity contribution in [3.05, 3.63) is 42.0 Å². The minimum absolute atomic E-state index is 0. The van der Waals surface area contributed by atoms with E-state index in [1.54, 1.807) is 14.0 Å². The van der Waals surface area contributed by atoms with Crippen molar-refractivity contribution < 1.29 is 45.6 Å². The van der Waals surface area contributed by atoms with Crippen molar-refractivity contribution in [2.45, 2.75) is 12.8 Å². The van der Waals surface area contributed by atoms with E-state index >= 15 is 0 Å². The Morgan fingerprint density at radius 1 is 1.22 bits per heavy atom. The number of rotatable bonds is 3. The molecule has 0 aromatic heterocycles. The van der Waals surface area contributed by atoms with Crippen molar-refractivity contribution in [1.29, 1.82) is 0 Å². The van der Waals surface area contributed by atoms with E-state index in [2.05, 4.69) is 0 Å². The van der Waals surface area contributed by atoms with Crippen LogP contribution in [0, 0.1) is 0 Å². The van der Waals surface area contributed by atoms with Crippen molar-refractivity contribution in [2.75, 3.05) is 7.11 Å². The summed E-state index contributed by atoms with van der Waals surface area (Å²) in [5.41, 5.74) is 0.815. The molecule has 2 aromatic rings. The monoisotopic (exact) mass is 254 g/mol. The Morgan fingerprint density at radius 2 is 1.83 bits per heavy atom. The maximum absolute atomic E-state index is 10.9. The number of benzene rings is 2. The minimum atomic E-state index is -0.808. The summed E-state index contributed by atoms with van der Waals surface area (Å²) in [5.74, 6) is -0.490. The van der Waals surface area contributed by atoms with Crippen LogP contribution < -0.4 is 34.3 Å². The summed E-state index contributed by atoms with van der Waals surface area (Å²) in [6, 6.07) is 11.4. The third-order valence-electron chi connectivity index (χ3n) is 2.94. The van der Waals surface area contributed by atoms with Gasteiger partial charge in [0.25, 0.3) is 0 Å². The molecular formula is C14H15NaO3. The summed E-state index contributed by atoms with van der Waals surface area (Å²) in [6.45, 7) is 1.69. The molecule has 0 bridgehead atoms. The molecule has 0 aliphatic carbocycles. The first-order valence-electron chi connectivity index (χ1n) is 5.42. The van der Waals surface area contributed by atoms with Crippen molar-refractivity contribution in [3.63, 3.8) is 0 Å². The predicted molar refractivity (Wildman–Crippen MR) is 67.7 cm³/mol. The molecule has 0 amide bonds. The number of methoxy groups -OCH3 is 1. The van der Waals surface area contributed by atoms with E-state index in [1.807, 2.05) is 36.4 Å². The summed E-state index contributed by atoms with van der Waals surface area (Å²) >= 11 is 0. The predicted octanol–water partition coefficient (Wildman–Crippen LogP) is 0.153. The third-order valence-corrected chi connectivity index (χ3v) is 2.94. The van der Waals surface area contributed by atoms with Crippen LogP contribution in [-0.2, 0) is 4.79 Å². The van der Waals surface area contributed by atoms with Gasteiger partial charge in [0, 0.05) is 0 Å². The minimum Gasteiger partial charge on any atom is -1.00 e. The summed E-state index contributed by atoms with van der Waals surface area (Å²) in [4.78, 5) is 10.9. The Kier molecular flexibility index (Phi) is 5.20. The fraction of sp³-hybridized carbons (Fsp3) is 0.214. The third kappa shape index (κ3) is 3.05. The molecule has 4 heteroatoms. The second kappa shape index (κ2) is 6.23. The number of hydrogen-bond acceptors (Lipinski definition) is 2. The molecule has 3 nitrogen and oxygen atoms in total. The van der Waals surface area contributed by atoms with E-state index in [4.69, 9.17) is 9.84 Å². The first-order chi connectivity index (χ1) is 8.11. The number of aliphatic carboxylic acids is 1. The Morgan fingerprint density at radius 3 is 2.44 bits per heavy atom. The summed E-state index contributed by atoms with van der Waals surface area (Å²) < 4.78 is 5.14. The summed E-state index contributed by atoms with van der Waals surface area (Å²) in [5, 5.41) is 11.0. The molecule has 0 heterocycles. The van der Waals surface area contributed by atoms with Crippen LogP contribution in [0.3, 0.4) is 0 Å². The van der Waals surface area contributed by atoms with Gasteiger partial charge < -0.3 is 11.3 Å². The Bertz CT molecular complexity index is 572. The van der Waals surface area contributed by atoms with E-state index in [0.717, 1.165) is 22.1 Å². The molecule has 18 heavy (non-hydrogen) atoms. The fourth-order valence-corrected chi connectivity index (χ4v) is 1.78. The van der Waals surface area contributed by atoms with Crippen LogP contribution >= 0.6 is 0 Å². The number of carboxylic acid groups (broad SMARTS) is 1. The van der Waals surface area contributed by atoms with Gasteiger partial charge in [-0.05, 0) is 35.4 Å². The second-order valence-electron chi connectivity index (χ2n) is 4.03. The first kappa shape index (κ1) is 15.0. The van der Waals surface area contributed by atoms with Gasteiger partial charge in [-0.2, -0.15) is 0 Å². The van der Waals surface area contributed by atoms with Crippen LogP contribution in [0.25, 0.3) is 10.8 Å². The van der Waals surface area contributed by atoms with Gasteiger partial charge in [-0.3, -0.25) is 4.79 Å². The SMILES string of the molecule is COc1ccc2cc(C(C)C(=O)O)ccc2c1.[H-].[Na+]. The van der Waals surface area contributed by atoms with Gasteiger partial charge >= 0.3 is 35.5 Å². The van der Waals surface area contributed by atoms with E-state index < -0.39 is 11.9 Å². The van der Waals surface area contributed by atoms with Gasteiger partial charge in [-0.25, -0.2) is 0 Å². The van der Waals surface area contributed by atoms with Crippen molar-refractivity contribution in [1.82, 2.24) is 0 Å². The molecule has 0 saturated carbocycles. The van der Waals surface area contributed by atoms with Gasteiger partial charge in [0.05, 0.1) is 13.0 Å². The van der Waals surface area contributed by atoms with E-state index in [0.29, 0.717) is 0 Å². The maximum Gasteiger partial charge on any atom is 1.00 e. The number of hydrogen-bond donors (Lipinski definition) is 1. The smallest absolute Gasteiger partial charge is 1.00 e. The first-order valence-corrected chi connectivity index (χ1v) is 5.42. The topological polar surface area (TPSA) is 46.5 Å². The fourth-order valence-electron chi connectivity index (χ4n) is 1.78. The average molecular weight is 254 g/mol. The van der Waals surface area contributed by atoms with Crippen molar-refractivity contribution in [3.8, 4) is 5.75 Å². The quantitative estimate of drug-likeness (QED) is 0.793. The Balaban J connectivity index is 0.00000162. The molecule has 1 unspecified atom stereocenters. The normalized spacial score (nSPS) is 11.7. The molecule has 0 radical (unpaired) electrons. The van der Waals surface area contributed by atoms with Crippen molar-refractivity contribution in [2.24, 2.45) is 0 Å². The van der Waals surface area contributed by atoms with Gasteiger partial charge in [-0.1, -0.05) is 24.3 Å². The molecule has 1 atom stereocenters. The zero-order valence-corrected chi connectivity index (χ0v) is 12.8. The zero-order chi connectivity index (χ0) is 12.4. The number of carbonyl (C=O) groups is 1. The van der Waals surface area contributed by atoms with Gasteiger partial charge in [0.15, 0.2) is 0 Å². The van der Waals surface area contributed by atoms with Crippen molar-refractivity contribution >= 4 is 16.7 Å². The van der Waals surface area contributed by atoms with Gasteiger partial charge in [0.1, 0.15) is 5.75 Å². The number of carboxylic acids is 1. The van der Waals surface area contributed by atoms with E-state index in [1.165, 1.54) is 0 Å². The van der Waals surface area contributed by atoms with Crippen LogP contribution in [-0.4, -0.2) is 18.2 Å². The largest absolute Gasteiger partial charge is 1.00 e.